The van der Waals surface area contributed by atoms with E-state index < -0.39 is 0 Å². The predicted molar refractivity (Wildman–Crippen MR) is 81.7 cm³/mol. The van der Waals surface area contributed by atoms with Crippen LogP contribution in [0, 0.1) is 0 Å². The molecule has 0 atom stereocenters. The highest BCUT2D eigenvalue weighted by atomic mass is 32.2. The number of hydrogen-bond acceptors (Lipinski definition) is 4. The average Bonchev–Trinajstić information content (AvgIpc) is 3.00. The van der Waals surface area contributed by atoms with Crippen LogP contribution in [0.1, 0.15) is 16.1 Å². The summed E-state index contributed by atoms with van der Waals surface area (Å²) in [5.41, 5.74) is 4.81. The third-order valence-corrected chi connectivity index (χ3v) is 4.28. The van der Waals surface area contributed by atoms with Crippen molar-refractivity contribution in [3.63, 3.8) is 0 Å². The van der Waals surface area contributed by atoms with Crippen molar-refractivity contribution < 1.29 is 9.59 Å². The zero-order valence-corrected chi connectivity index (χ0v) is 12.3. The molecule has 0 spiro atoms. The van der Waals surface area contributed by atoms with Gasteiger partial charge in [0.1, 0.15) is 0 Å². The van der Waals surface area contributed by atoms with Crippen molar-refractivity contribution in [3.8, 4) is 0 Å². The number of benzene rings is 1. The van der Waals surface area contributed by atoms with Gasteiger partial charge in [-0.05, 0) is 23.6 Å². The minimum atomic E-state index is -0.288. The fraction of sp³-hybridized carbons (Fsp3) is 0.143. The molecule has 0 saturated carbocycles. The molecule has 2 N–H and O–H groups in total. The maximum Gasteiger partial charge on any atom is 0.279 e. The molecule has 1 aromatic carbocycles. The zero-order valence-electron chi connectivity index (χ0n) is 10.7. The normalized spacial score (nSPS) is 10.0. The van der Waals surface area contributed by atoms with Gasteiger partial charge in [0.25, 0.3) is 5.91 Å². The van der Waals surface area contributed by atoms with Crippen LogP contribution >= 0.6 is 23.1 Å². The van der Waals surface area contributed by atoms with Gasteiger partial charge >= 0.3 is 0 Å². The summed E-state index contributed by atoms with van der Waals surface area (Å²) in [6.07, 6.45) is 0.351. The first-order valence-corrected chi connectivity index (χ1v) is 7.93. The molecule has 1 aromatic heterocycles. The number of hydrazine groups is 1. The molecular formula is C14H14N2O2S2. The van der Waals surface area contributed by atoms with E-state index in [2.05, 4.69) is 10.9 Å². The van der Waals surface area contributed by atoms with E-state index in [0.717, 1.165) is 4.90 Å². The van der Waals surface area contributed by atoms with E-state index in [4.69, 9.17) is 0 Å². The van der Waals surface area contributed by atoms with Crippen LogP contribution in [0.4, 0.5) is 0 Å². The number of rotatable bonds is 5. The van der Waals surface area contributed by atoms with Gasteiger partial charge in [-0.15, -0.1) is 23.1 Å². The lowest BCUT2D eigenvalue weighted by Crippen LogP contribution is -2.41. The number of amides is 2. The van der Waals surface area contributed by atoms with Crippen LogP contribution < -0.4 is 10.9 Å². The van der Waals surface area contributed by atoms with Crippen molar-refractivity contribution in [2.24, 2.45) is 0 Å². The van der Waals surface area contributed by atoms with Crippen LogP contribution in [-0.2, 0) is 4.79 Å². The number of carbonyl (C=O) groups is 2. The molecule has 0 fully saturated rings. The Morgan fingerprint density at radius 1 is 1.05 bits per heavy atom. The minimum Gasteiger partial charge on any atom is -0.273 e. The summed E-state index contributed by atoms with van der Waals surface area (Å²) in [5.74, 6) is 0.187. The Morgan fingerprint density at radius 3 is 2.55 bits per heavy atom. The Hall–Kier alpha value is -1.79. The lowest BCUT2D eigenvalue weighted by molar-refractivity contribution is -0.121. The molecule has 0 aliphatic heterocycles. The van der Waals surface area contributed by atoms with E-state index in [1.165, 1.54) is 11.3 Å². The van der Waals surface area contributed by atoms with Gasteiger partial charge in [0.15, 0.2) is 0 Å². The minimum absolute atomic E-state index is 0.196. The van der Waals surface area contributed by atoms with Gasteiger partial charge in [-0.2, -0.15) is 0 Å². The first kappa shape index (κ1) is 14.6. The van der Waals surface area contributed by atoms with Crippen molar-refractivity contribution in [3.05, 3.63) is 52.7 Å². The molecule has 0 aliphatic carbocycles. The highest BCUT2D eigenvalue weighted by Crippen LogP contribution is 2.17. The summed E-state index contributed by atoms with van der Waals surface area (Å²) in [6.45, 7) is 0. The summed E-state index contributed by atoms with van der Waals surface area (Å²) < 4.78 is 0. The molecule has 0 unspecified atom stereocenters. The molecule has 0 saturated heterocycles. The van der Waals surface area contributed by atoms with Gasteiger partial charge < -0.3 is 0 Å². The Labute approximate surface area is 125 Å². The van der Waals surface area contributed by atoms with Gasteiger partial charge in [0.05, 0.1) is 4.88 Å². The van der Waals surface area contributed by atoms with Gasteiger partial charge in [-0.1, -0.05) is 24.3 Å². The fourth-order valence-corrected chi connectivity index (χ4v) is 2.93. The van der Waals surface area contributed by atoms with Gasteiger partial charge in [-0.3, -0.25) is 20.4 Å². The zero-order chi connectivity index (χ0) is 14.2. The van der Waals surface area contributed by atoms with Crippen LogP contribution in [-0.4, -0.2) is 17.6 Å². The maximum absolute atomic E-state index is 11.6. The van der Waals surface area contributed by atoms with Gasteiger partial charge in [0.2, 0.25) is 5.91 Å². The first-order chi connectivity index (χ1) is 9.75. The molecule has 2 amide bonds. The molecule has 6 heteroatoms. The van der Waals surface area contributed by atoms with Crippen molar-refractivity contribution in [2.75, 3.05) is 5.75 Å². The maximum atomic E-state index is 11.6. The Kier molecular flexibility index (Phi) is 5.64. The molecule has 2 rings (SSSR count). The second kappa shape index (κ2) is 7.72. The molecule has 104 valence electrons. The third kappa shape index (κ3) is 4.71. The summed E-state index contributed by atoms with van der Waals surface area (Å²) in [7, 11) is 0. The van der Waals surface area contributed by atoms with E-state index in [0.29, 0.717) is 17.1 Å². The van der Waals surface area contributed by atoms with E-state index in [1.54, 1.807) is 23.9 Å². The van der Waals surface area contributed by atoms with E-state index in [-0.39, 0.29) is 11.8 Å². The molecule has 0 bridgehead atoms. The fourth-order valence-electron chi connectivity index (χ4n) is 1.44. The lowest BCUT2D eigenvalue weighted by Gasteiger charge is -2.06. The smallest absolute Gasteiger partial charge is 0.273 e. The van der Waals surface area contributed by atoms with E-state index >= 15 is 0 Å². The average molecular weight is 306 g/mol. The van der Waals surface area contributed by atoms with Crippen molar-refractivity contribution in [2.45, 2.75) is 11.3 Å². The topological polar surface area (TPSA) is 58.2 Å². The van der Waals surface area contributed by atoms with Gasteiger partial charge in [0, 0.05) is 17.1 Å². The number of hydrogen-bond donors (Lipinski definition) is 2. The summed E-state index contributed by atoms with van der Waals surface area (Å²) in [6, 6.07) is 13.4. The predicted octanol–water partition coefficient (Wildman–Crippen LogP) is 2.69. The molecule has 20 heavy (non-hydrogen) atoms. The number of carbonyl (C=O) groups excluding carboxylic acids is 2. The highest BCUT2D eigenvalue weighted by molar-refractivity contribution is 7.99. The van der Waals surface area contributed by atoms with Crippen molar-refractivity contribution in [1.29, 1.82) is 0 Å². The second-order valence-corrected chi connectivity index (χ2v) is 6.01. The molecule has 2 aromatic rings. The quantitative estimate of drug-likeness (QED) is 0.659. The molecule has 0 radical (unpaired) electrons. The molecule has 0 aliphatic rings. The number of nitrogens with one attached hydrogen (secondary N) is 2. The molecule has 4 nitrogen and oxygen atoms in total. The van der Waals surface area contributed by atoms with Crippen LogP contribution in [0.3, 0.4) is 0 Å². The lowest BCUT2D eigenvalue weighted by atomic mass is 10.4. The van der Waals surface area contributed by atoms with Crippen LogP contribution in [0.15, 0.2) is 52.7 Å². The van der Waals surface area contributed by atoms with Crippen LogP contribution in [0.5, 0.6) is 0 Å². The van der Waals surface area contributed by atoms with Crippen molar-refractivity contribution >= 4 is 34.9 Å². The second-order valence-electron chi connectivity index (χ2n) is 3.89. The Morgan fingerprint density at radius 2 is 1.85 bits per heavy atom. The summed E-state index contributed by atoms with van der Waals surface area (Å²) >= 11 is 2.94. The highest BCUT2D eigenvalue weighted by Gasteiger charge is 2.07. The number of thiophene rings is 1. The largest absolute Gasteiger partial charge is 0.279 e. The van der Waals surface area contributed by atoms with Crippen LogP contribution in [0.2, 0.25) is 0 Å². The van der Waals surface area contributed by atoms with E-state index in [9.17, 15) is 9.59 Å². The standard InChI is InChI=1S/C14H14N2O2S2/c17-13(8-10-19-11-5-2-1-3-6-11)15-16-14(18)12-7-4-9-20-12/h1-7,9H,8,10H2,(H,15,17)(H,16,18). The Bertz CT molecular complexity index is 556. The summed E-state index contributed by atoms with van der Waals surface area (Å²) in [5, 5.41) is 1.81. The van der Waals surface area contributed by atoms with Crippen LogP contribution in [0.25, 0.3) is 0 Å². The monoisotopic (exact) mass is 306 g/mol. The summed E-state index contributed by atoms with van der Waals surface area (Å²) in [4.78, 5) is 24.9. The van der Waals surface area contributed by atoms with Crippen molar-refractivity contribution in [1.82, 2.24) is 10.9 Å². The third-order valence-electron chi connectivity index (χ3n) is 2.40. The first-order valence-electron chi connectivity index (χ1n) is 6.06. The molecule has 1 heterocycles. The SMILES string of the molecule is O=C(CCSc1ccccc1)NNC(=O)c1cccs1. The number of thioether (sulfide) groups is 1. The van der Waals surface area contributed by atoms with Gasteiger partial charge in [-0.25, -0.2) is 0 Å². The Balaban J connectivity index is 1.65. The van der Waals surface area contributed by atoms with E-state index in [1.807, 2.05) is 35.7 Å². The molecular weight excluding hydrogens is 292 g/mol.